The van der Waals surface area contributed by atoms with E-state index in [0.29, 0.717) is 11.4 Å². The highest BCUT2D eigenvalue weighted by Crippen LogP contribution is 2.06. The van der Waals surface area contributed by atoms with Crippen LogP contribution in [0.1, 0.15) is 6.92 Å². The van der Waals surface area contributed by atoms with E-state index in [2.05, 4.69) is 10.0 Å². The van der Waals surface area contributed by atoms with Crippen LogP contribution >= 0.6 is 0 Å². The largest absolute Gasteiger partial charge is 0.316 e. The molecule has 0 saturated carbocycles. The second-order valence-electron chi connectivity index (χ2n) is 3.35. The minimum absolute atomic E-state index is 0.114. The highest BCUT2D eigenvalue weighted by Gasteiger charge is 2.13. The van der Waals surface area contributed by atoms with Gasteiger partial charge in [-0.05, 0) is 26.1 Å². The molecule has 4 nitrogen and oxygen atoms in total. The molecule has 0 heterocycles. The number of benzene rings is 1. The summed E-state index contributed by atoms with van der Waals surface area (Å²) in [5.74, 6) is 0. The van der Waals surface area contributed by atoms with E-state index in [-0.39, 0.29) is 6.04 Å². The van der Waals surface area contributed by atoms with Crippen LogP contribution in [0.5, 0.6) is 0 Å². The lowest BCUT2D eigenvalue weighted by Gasteiger charge is -2.11. The van der Waals surface area contributed by atoms with Gasteiger partial charge in [0.05, 0.1) is 4.90 Å². The molecule has 0 aliphatic heterocycles. The molecule has 0 radical (unpaired) electrons. The molecule has 0 fully saturated rings. The second kappa shape index (κ2) is 5.25. The van der Waals surface area contributed by atoms with Gasteiger partial charge in [0.25, 0.3) is 0 Å². The summed E-state index contributed by atoms with van der Waals surface area (Å²) < 4.78 is 26.0. The van der Waals surface area contributed by atoms with Gasteiger partial charge in [-0.15, -0.1) is 0 Å². The summed E-state index contributed by atoms with van der Waals surface area (Å²) in [7, 11) is -1.56. The fourth-order valence-electron chi connectivity index (χ4n) is 1.02. The maximum atomic E-state index is 11.7. The van der Waals surface area contributed by atoms with Crippen molar-refractivity contribution in [1.29, 1.82) is 0 Å². The van der Waals surface area contributed by atoms with Gasteiger partial charge in [0.1, 0.15) is 0 Å². The molecule has 1 unspecified atom stereocenters. The molecular formula is C10H16N2O2S. The molecule has 1 atom stereocenters. The standard InChI is InChI=1S/C10H16N2O2S/c1-9(11-2)8-12-15(13,14)10-6-4-3-5-7-10/h3-7,9,11-12H,8H2,1-2H3. The highest BCUT2D eigenvalue weighted by molar-refractivity contribution is 7.89. The summed E-state index contributed by atoms with van der Waals surface area (Å²) >= 11 is 0. The molecule has 1 rings (SSSR count). The Morgan fingerprint density at radius 3 is 2.40 bits per heavy atom. The number of sulfonamides is 1. The fraction of sp³-hybridized carbons (Fsp3) is 0.400. The van der Waals surface area contributed by atoms with Crippen molar-refractivity contribution in [3.63, 3.8) is 0 Å². The maximum Gasteiger partial charge on any atom is 0.240 e. The molecule has 15 heavy (non-hydrogen) atoms. The minimum atomic E-state index is -3.36. The Morgan fingerprint density at radius 2 is 1.87 bits per heavy atom. The monoisotopic (exact) mass is 228 g/mol. The van der Waals surface area contributed by atoms with Crippen LogP contribution in [0, 0.1) is 0 Å². The first-order valence-electron chi connectivity index (χ1n) is 4.78. The highest BCUT2D eigenvalue weighted by atomic mass is 32.2. The Labute approximate surface area is 90.8 Å². The third-order valence-electron chi connectivity index (χ3n) is 2.13. The minimum Gasteiger partial charge on any atom is -0.316 e. The summed E-state index contributed by atoms with van der Waals surface area (Å²) in [4.78, 5) is 0.299. The van der Waals surface area contributed by atoms with Crippen molar-refractivity contribution in [2.75, 3.05) is 13.6 Å². The predicted molar refractivity (Wildman–Crippen MR) is 60.2 cm³/mol. The van der Waals surface area contributed by atoms with Gasteiger partial charge in [-0.2, -0.15) is 0 Å². The predicted octanol–water partition coefficient (Wildman–Crippen LogP) is 0.573. The lowest BCUT2D eigenvalue weighted by atomic mass is 10.4. The first-order valence-corrected chi connectivity index (χ1v) is 6.26. The Morgan fingerprint density at radius 1 is 1.27 bits per heavy atom. The van der Waals surface area contributed by atoms with Gasteiger partial charge in [0.15, 0.2) is 0 Å². The average Bonchev–Trinajstić information content (AvgIpc) is 2.27. The van der Waals surface area contributed by atoms with Crippen molar-refractivity contribution < 1.29 is 8.42 Å². The van der Waals surface area contributed by atoms with Gasteiger partial charge in [0.2, 0.25) is 10.0 Å². The molecule has 0 aromatic heterocycles. The van der Waals surface area contributed by atoms with Crippen molar-refractivity contribution >= 4 is 10.0 Å². The molecular weight excluding hydrogens is 212 g/mol. The normalized spacial score (nSPS) is 13.7. The van der Waals surface area contributed by atoms with Gasteiger partial charge in [-0.3, -0.25) is 0 Å². The summed E-state index contributed by atoms with van der Waals surface area (Å²) in [6.45, 7) is 2.29. The molecule has 5 heteroatoms. The third-order valence-corrected chi connectivity index (χ3v) is 3.57. The summed E-state index contributed by atoms with van der Waals surface area (Å²) in [6, 6.07) is 8.46. The van der Waals surface area contributed by atoms with E-state index >= 15 is 0 Å². The molecule has 0 bridgehead atoms. The second-order valence-corrected chi connectivity index (χ2v) is 5.12. The van der Waals surface area contributed by atoms with Gasteiger partial charge < -0.3 is 5.32 Å². The molecule has 0 amide bonds. The van der Waals surface area contributed by atoms with E-state index in [4.69, 9.17) is 0 Å². The van der Waals surface area contributed by atoms with Crippen molar-refractivity contribution in [2.45, 2.75) is 17.9 Å². The van der Waals surface area contributed by atoms with Crippen LogP contribution in [-0.4, -0.2) is 28.1 Å². The SMILES string of the molecule is CNC(C)CNS(=O)(=O)c1ccccc1. The smallest absolute Gasteiger partial charge is 0.240 e. The fourth-order valence-corrected chi connectivity index (χ4v) is 2.17. The number of hydrogen-bond acceptors (Lipinski definition) is 3. The van der Waals surface area contributed by atoms with Gasteiger partial charge in [0, 0.05) is 12.6 Å². The Balaban J connectivity index is 2.69. The topological polar surface area (TPSA) is 58.2 Å². The molecule has 84 valence electrons. The zero-order valence-corrected chi connectivity index (χ0v) is 9.71. The van der Waals surface area contributed by atoms with Crippen LogP contribution in [0.4, 0.5) is 0 Å². The Kier molecular flexibility index (Phi) is 4.26. The van der Waals surface area contributed by atoms with Gasteiger partial charge in [-0.1, -0.05) is 18.2 Å². The van der Waals surface area contributed by atoms with Crippen molar-refractivity contribution in [1.82, 2.24) is 10.0 Å². The Bertz CT molecular complexity index is 389. The van der Waals surface area contributed by atoms with Crippen LogP contribution < -0.4 is 10.0 Å². The van der Waals surface area contributed by atoms with Crippen LogP contribution in [0.25, 0.3) is 0 Å². The van der Waals surface area contributed by atoms with E-state index in [1.54, 1.807) is 37.4 Å². The van der Waals surface area contributed by atoms with Crippen LogP contribution in [-0.2, 0) is 10.0 Å². The number of nitrogens with one attached hydrogen (secondary N) is 2. The maximum absolute atomic E-state index is 11.7. The molecule has 0 spiro atoms. The number of likely N-dealkylation sites (N-methyl/N-ethyl adjacent to an activating group) is 1. The third kappa shape index (κ3) is 3.62. The molecule has 0 aliphatic rings. The van der Waals surface area contributed by atoms with E-state index in [1.807, 2.05) is 6.92 Å². The lowest BCUT2D eigenvalue weighted by molar-refractivity contribution is 0.554. The van der Waals surface area contributed by atoms with E-state index in [9.17, 15) is 8.42 Å². The quantitative estimate of drug-likeness (QED) is 0.775. The van der Waals surface area contributed by atoms with E-state index in [1.165, 1.54) is 0 Å². The lowest BCUT2D eigenvalue weighted by Crippen LogP contribution is -2.37. The molecule has 1 aromatic carbocycles. The van der Waals surface area contributed by atoms with E-state index < -0.39 is 10.0 Å². The first-order chi connectivity index (χ1) is 7.06. The molecule has 2 N–H and O–H groups in total. The summed E-state index contributed by atoms with van der Waals surface area (Å²) in [6.07, 6.45) is 0. The van der Waals surface area contributed by atoms with Crippen molar-refractivity contribution in [2.24, 2.45) is 0 Å². The number of hydrogen-bond donors (Lipinski definition) is 2. The van der Waals surface area contributed by atoms with Gasteiger partial charge >= 0.3 is 0 Å². The van der Waals surface area contributed by atoms with Crippen LogP contribution in [0.15, 0.2) is 35.2 Å². The van der Waals surface area contributed by atoms with E-state index in [0.717, 1.165) is 0 Å². The first kappa shape index (κ1) is 12.2. The summed E-state index contributed by atoms with van der Waals surface area (Å²) in [5, 5.41) is 2.96. The zero-order chi connectivity index (χ0) is 11.3. The number of rotatable bonds is 5. The molecule has 0 aliphatic carbocycles. The average molecular weight is 228 g/mol. The van der Waals surface area contributed by atoms with Crippen LogP contribution in [0.2, 0.25) is 0 Å². The molecule has 0 saturated heterocycles. The van der Waals surface area contributed by atoms with Gasteiger partial charge in [-0.25, -0.2) is 13.1 Å². The van der Waals surface area contributed by atoms with Crippen molar-refractivity contribution in [3.8, 4) is 0 Å². The Hall–Kier alpha value is -0.910. The summed E-state index contributed by atoms with van der Waals surface area (Å²) in [5.41, 5.74) is 0. The van der Waals surface area contributed by atoms with Crippen LogP contribution in [0.3, 0.4) is 0 Å². The van der Waals surface area contributed by atoms with Crippen molar-refractivity contribution in [3.05, 3.63) is 30.3 Å². The zero-order valence-electron chi connectivity index (χ0n) is 8.90. The molecule has 1 aromatic rings.